The highest BCUT2D eigenvalue weighted by Crippen LogP contribution is 2.63. The maximum absolute atomic E-state index is 6.11. The first kappa shape index (κ1) is 14.0. The Hall–Kier alpha value is -3.34. The minimum Gasteiger partial charge on any atom is -0.494 e. The number of nitrogens with zero attached hydrogens (tertiary/aromatic N) is 1. The zero-order valence-corrected chi connectivity index (χ0v) is 13.8. The molecule has 5 rings (SSSR count). The minimum atomic E-state index is 0.719. The predicted molar refractivity (Wildman–Crippen MR) is 94.4 cm³/mol. The van der Waals surface area contributed by atoms with Crippen LogP contribution in [0.25, 0.3) is 0 Å². The lowest BCUT2D eigenvalue weighted by atomic mass is 10.1. The molecule has 0 atom stereocenters. The van der Waals surface area contributed by atoms with Crippen LogP contribution in [0.4, 0.5) is 17.1 Å². The smallest absolute Gasteiger partial charge is 0.155 e. The predicted octanol–water partition coefficient (Wildman–Crippen LogP) is 5.39. The number of methoxy groups -OCH3 is 2. The third kappa shape index (κ3) is 1.83. The van der Waals surface area contributed by atoms with Crippen LogP contribution in [-0.4, -0.2) is 14.2 Å². The van der Waals surface area contributed by atoms with Crippen molar-refractivity contribution in [3.05, 3.63) is 54.6 Å². The lowest BCUT2D eigenvalue weighted by Crippen LogP contribution is -2.21. The summed E-state index contributed by atoms with van der Waals surface area (Å²) in [7, 11) is 3.31. The van der Waals surface area contributed by atoms with E-state index in [1.165, 1.54) is 0 Å². The molecule has 0 amide bonds. The molecule has 0 saturated carbocycles. The van der Waals surface area contributed by atoms with Crippen molar-refractivity contribution in [2.24, 2.45) is 0 Å². The third-order valence-corrected chi connectivity index (χ3v) is 4.44. The van der Waals surface area contributed by atoms with Crippen LogP contribution in [0.5, 0.6) is 34.5 Å². The Labute approximate surface area is 144 Å². The summed E-state index contributed by atoms with van der Waals surface area (Å²) in [5.74, 6) is 4.35. The first-order valence-electron chi connectivity index (χ1n) is 7.94. The van der Waals surface area contributed by atoms with Gasteiger partial charge in [0.2, 0.25) is 0 Å². The summed E-state index contributed by atoms with van der Waals surface area (Å²) in [4.78, 5) is 2.10. The maximum atomic E-state index is 6.11. The van der Waals surface area contributed by atoms with Gasteiger partial charge in [-0.3, -0.25) is 4.90 Å². The van der Waals surface area contributed by atoms with Gasteiger partial charge < -0.3 is 18.9 Å². The van der Waals surface area contributed by atoms with E-state index in [4.69, 9.17) is 18.9 Å². The van der Waals surface area contributed by atoms with E-state index >= 15 is 0 Å². The summed E-state index contributed by atoms with van der Waals surface area (Å²) in [6.07, 6.45) is 0. The van der Waals surface area contributed by atoms with Gasteiger partial charge in [0.1, 0.15) is 28.6 Å². The highest BCUT2D eigenvalue weighted by Gasteiger charge is 2.38. The van der Waals surface area contributed by atoms with Crippen LogP contribution in [0.1, 0.15) is 0 Å². The van der Waals surface area contributed by atoms with Gasteiger partial charge in [0, 0.05) is 0 Å². The fourth-order valence-electron chi connectivity index (χ4n) is 3.40. The molecule has 2 aliphatic rings. The summed E-state index contributed by atoms with van der Waals surface area (Å²) in [6, 6.07) is 17.3. The first-order valence-corrected chi connectivity index (χ1v) is 7.94. The third-order valence-electron chi connectivity index (χ3n) is 4.44. The largest absolute Gasteiger partial charge is 0.494 e. The van der Waals surface area contributed by atoms with Gasteiger partial charge in [0.15, 0.2) is 23.0 Å². The molecule has 0 aromatic heterocycles. The second kappa shape index (κ2) is 5.08. The zero-order chi connectivity index (χ0) is 17.0. The van der Waals surface area contributed by atoms with Crippen LogP contribution in [0, 0.1) is 0 Å². The molecule has 3 aromatic carbocycles. The topological polar surface area (TPSA) is 40.2 Å². The van der Waals surface area contributed by atoms with Crippen molar-refractivity contribution < 1.29 is 18.9 Å². The van der Waals surface area contributed by atoms with Gasteiger partial charge in [-0.1, -0.05) is 18.2 Å². The molecule has 5 nitrogen and oxygen atoms in total. The monoisotopic (exact) mass is 333 g/mol. The summed E-state index contributed by atoms with van der Waals surface area (Å²) < 4.78 is 23.4. The van der Waals surface area contributed by atoms with Crippen LogP contribution < -0.4 is 23.8 Å². The van der Waals surface area contributed by atoms with Crippen molar-refractivity contribution in [2.45, 2.75) is 0 Å². The Morgan fingerprint density at radius 2 is 1.00 bits per heavy atom. The van der Waals surface area contributed by atoms with Crippen LogP contribution in [0.2, 0.25) is 0 Å². The lowest BCUT2D eigenvalue weighted by Gasteiger charge is -2.38. The molecule has 124 valence electrons. The maximum Gasteiger partial charge on any atom is 0.155 e. The zero-order valence-electron chi connectivity index (χ0n) is 13.8. The SMILES string of the molecule is COc1cccc2c1N1c3c(OC)cccc3Oc3cccc(c31)O2. The van der Waals surface area contributed by atoms with E-state index in [1.54, 1.807) is 14.2 Å². The Bertz CT molecular complexity index is 923. The second-order valence-electron chi connectivity index (χ2n) is 5.76. The lowest BCUT2D eigenvalue weighted by molar-refractivity contribution is 0.397. The molecule has 0 radical (unpaired) electrons. The Morgan fingerprint density at radius 1 is 0.600 bits per heavy atom. The van der Waals surface area contributed by atoms with E-state index in [0.717, 1.165) is 51.6 Å². The molecule has 0 spiro atoms. The van der Waals surface area contributed by atoms with Crippen molar-refractivity contribution in [1.82, 2.24) is 0 Å². The summed E-state index contributed by atoms with van der Waals surface area (Å²) in [6.45, 7) is 0. The molecular weight excluding hydrogens is 318 g/mol. The standard InChI is InChI=1S/C20H15NO4/c1-22-12-6-3-8-14-18(12)21-19-13(23-2)7-4-9-15(19)25-17-11-5-10-16(24-14)20(17)21/h3-11H,1-2H3. The van der Waals surface area contributed by atoms with Crippen molar-refractivity contribution in [2.75, 3.05) is 19.1 Å². The second-order valence-corrected chi connectivity index (χ2v) is 5.76. The van der Waals surface area contributed by atoms with Gasteiger partial charge in [-0.25, -0.2) is 0 Å². The molecule has 5 heteroatoms. The normalized spacial score (nSPS) is 13.0. The summed E-state index contributed by atoms with van der Waals surface area (Å²) in [5, 5.41) is 0. The van der Waals surface area contributed by atoms with Crippen molar-refractivity contribution in [3.63, 3.8) is 0 Å². The number of benzene rings is 3. The molecule has 0 N–H and O–H groups in total. The van der Waals surface area contributed by atoms with E-state index in [1.807, 2.05) is 54.6 Å². The van der Waals surface area contributed by atoms with Gasteiger partial charge in [-0.15, -0.1) is 0 Å². The highest BCUT2D eigenvalue weighted by atomic mass is 16.5. The van der Waals surface area contributed by atoms with Crippen molar-refractivity contribution >= 4 is 17.1 Å². The number of para-hydroxylation sites is 3. The number of fused-ring (bicyclic) bond motifs is 4. The van der Waals surface area contributed by atoms with Gasteiger partial charge in [-0.05, 0) is 36.4 Å². The molecule has 0 unspecified atom stereocenters. The molecule has 2 aliphatic heterocycles. The van der Waals surface area contributed by atoms with E-state index in [9.17, 15) is 0 Å². The number of rotatable bonds is 2. The number of anilines is 3. The molecule has 0 aliphatic carbocycles. The average molecular weight is 333 g/mol. The van der Waals surface area contributed by atoms with Gasteiger partial charge in [-0.2, -0.15) is 0 Å². The highest BCUT2D eigenvalue weighted by molar-refractivity contribution is 5.97. The van der Waals surface area contributed by atoms with Crippen LogP contribution in [0.15, 0.2) is 54.6 Å². The molecule has 3 aromatic rings. The van der Waals surface area contributed by atoms with E-state index in [-0.39, 0.29) is 0 Å². The number of hydrogen-bond acceptors (Lipinski definition) is 5. The average Bonchev–Trinajstić information content (AvgIpc) is 2.66. The van der Waals surface area contributed by atoms with E-state index in [2.05, 4.69) is 4.90 Å². The molecule has 0 fully saturated rings. The van der Waals surface area contributed by atoms with Crippen molar-refractivity contribution in [3.8, 4) is 34.5 Å². The Morgan fingerprint density at radius 3 is 1.44 bits per heavy atom. The minimum absolute atomic E-state index is 0.719. The molecule has 0 saturated heterocycles. The number of hydrogen-bond donors (Lipinski definition) is 0. The molecular formula is C20H15NO4. The Balaban J connectivity index is 1.89. The van der Waals surface area contributed by atoms with Crippen LogP contribution in [0.3, 0.4) is 0 Å². The fraction of sp³-hybridized carbons (Fsp3) is 0.100. The van der Waals surface area contributed by atoms with E-state index in [0.29, 0.717) is 0 Å². The summed E-state index contributed by atoms with van der Waals surface area (Å²) >= 11 is 0. The molecule has 0 bridgehead atoms. The molecule has 25 heavy (non-hydrogen) atoms. The van der Waals surface area contributed by atoms with Crippen LogP contribution in [-0.2, 0) is 0 Å². The van der Waals surface area contributed by atoms with Crippen LogP contribution >= 0.6 is 0 Å². The van der Waals surface area contributed by atoms with Gasteiger partial charge in [0.25, 0.3) is 0 Å². The van der Waals surface area contributed by atoms with Gasteiger partial charge in [0.05, 0.1) is 14.2 Å². The fourth-order valence-corrected chi connectivity index (χ4v) is 3.40. The Kier molecular flexibility index (Phi) is 2.85. The van der Waals surface area contributed by atoms with E-state index < -0.39 is 0 Å². The van der Waals surface area contributed by atoms with Gasteiger partial charge >= 0.3 is 0 Å². The number of ether oxygens (including phenoxy) is 4. The van der Waals surface area contributed by atoms with Crippen molar-refractivity contribution in [1.29, 1.82) is 0 Å². The quantitative estimate of drug-likeness (QED) is 0.433. The first-order chi connectivity index (χ1) is 12.3. The molecule has 2 heterocycles. The summed E-state index contributed by atoms with van der Waals surface area (Å²) in [5.41, 5.74) is 2.51.